The van der Waals surface area contributed by atoms with E-state index >= 15 is 0 Å². The maximum Gasteiger partial charge on any atom is 0.0559 e. The lowest BCUT2D eigenvalue weighted by Crippen LogP contribution is -2.53. The van der Waals surface area contributed by atoms with Gasteiger partial charge >= 0.3 is 0 Å². The third kappa shape index (κ3) is 1.81. The van der Waals surface area contributed by atoms with E-state index in [4.69, 9.17) is 10.5 Å². The average molecular weight is 198 g/mol. The summed E-state index contributed by atoms with van der Waals surface area (Å²) in [5.41, 5.74) is 6.33. The second-order valence-corrected chi connectivity index (χ2v) is 5.29. The van der Waals surface area contributed by atoms with Gasteiger partial charge in [0, 0.05) is 24.5 Å². The molecule has 3 nitrogen and oxygen atoms in total. The summed E-state index contributed by atoms with van der Waals surface area (Å²) in [4.78, 5) is 2.51. The highest BCUT2D eigenvalue weighted by atomic mass is 16.5. The summed E-state index contributed by atoms with van der Waals surface area (Å²) in [5, 5.41) is 0. The number of ether oxygens (including phenoxy) is 1. The zero-order valence-electron chi connectivity index (χ0n) is 9.33. The van der Waals surface area contributed by atoms with Crippen LogP contribution in [0.1, 0.15) is 20.3 Å². The van der Waals surface area contributed by atoms with E-state index in [2.05, 4.69) is 18.7 Å². The first-order chi connectivity index (χ1) is 6.62. The lowest BCUT2D eigenvalue weighted by molar-refractivity contribution is -0.149. The molecule has 2 aliphatic rings. The minimum Gasteiger partial charge on any atom is -0.380 e. The number of hydrogen-bond acceptors (Lipinski definition) is 3. The van der Waals surface area contributed by atoms with Gasteiger partial charge in [-0.1, -0.05) is 13.8 Å². The maximum absolute atomic E-state index is 5.91. The van der Waals surface area contributed by atoms with Crippen molar-refractivity contribution in [1.29, 1.82) is 0 Å². The van der Waals surface area contributed by atoms with Crippen LogP contribution < -0.4 is 5.73 Å². The smallest absolute Gasteiger partial charge is 0.0559 e. The fourth-order valence-corrected chi connectivity index (χ4v) is 2.42. The van der Waals surface area contributed by atoms with Gasteiger partial charge in [0.2, 0.25) is 0 Å². The average Bonchev–Trinajstić information content (AvgIpc) is 2.43. The van der Waals surface area contributed by atoms with E-state index in [1.807, 2.05) is 0 Å². The summed E-state index contributed by atoms with van der Waals surface area (Å²) in [6.45, 7) is 9.92. The normalized spacial score (nSPS) is 32.1. The molecule has 0 radical (unpaired) electrons. The number of hydrogen-bond donors (Lipinski definition) is 1. The fourth-order valence-electron chi connectivity index (χ4n) is 2.42. The lowest BCUT2D eigenvalue weighted by Gasteiger charge is -2.47. The summed E-state index contributed by atoms with van der Waals surface area (Å²) >= 11 is 0. The molecule has 2 heterocycles. The number of likely N-dealkylation sites (tertiary alicyclic amines) is 1. The van der Waals surface area contributed by atoms with Crippen molar-refractivity contribution in [2.45, 2.75) is 26.3 Å². The Hall–Kier alpha value is -0.120. The van der Waals surface area contributed by atoms with Crippen molar-refractivity contribution in [3.63, 3.8) is 0 Å². The Labute approximate surface area is 86.6 Å². The number of rotatable bonds is 3. The van der Waals surface area contributed by atoms with Crippen LogP contribution in [-0.2, 0) is 4.74 Å². The third-order valence-corrected chi connectivity index (χ3v) is 3.85. The minimum atomic E-state index is 0.403. The predicted molar refractivity (Wildman–Crippen MR) is 57.1 cm³/mol. The quantitative estimate of drug-likeness (QED) is 0.725. The molecule has 2 fully saturated rings. The number of nitrogens with zero attached hydrogens (tertiary/aromatic N) is 1. The highest BCUT2D eigenvalue weighted by Crippen LogP contribution is 2.37. The van der Waals surface area contributed by atoms with E-state index in [1.54, 1.807) is 0 Å². The van der Waals surface area contributed by atoms with Crippen molar-refractivity contribution in [3.8, 4) is 0 Å². The van der Waals surface area contributed by atoms with E-state index in [1.165, 1.54) is 13.1 Å². The van der Waals surface area contributed by atoms with E-state index in [9.17, 15) is 0 Å². The lowest BCUT2D eigenvalue weighted by atomic mass is 9.75. The largest absolute Gasteiger partial charge is 0.380 e. The van der Waals surface area contributed by atoms with E-state index in [-0.39, 0.29) is 0 Å². The Morgan fingerprint density at radius 2 is 2.21 bits per heavy atom. The van der Waals surface area contributed by atoms with Crippen LogP contribution in [0.2, 0.25) is 0 Å². The first kappa shape index (κ1) is 10.4. The van der Waals surface area contributed by atoms with Crippen LogP contribution in [-0.4, -0.2) is 43.8 Å². The van der Waals surface area contributed by atoms with Gasteiger partial charge in [-0.05, 0) is 18.9 Å². The number of nitrogens with two attached hydrogens (primary N) is 1. The molecule has 0 aromatic heterocycles. The third-order valence-electron chi connectivity index (χ3n) is 3.85. The molecule has 1 atom stereocenters. The highest BCUT2D eigenvalue weighted by molar-refractivity contribution is 4.93. The maximum atomic E-state index is 5.91. The zero-order valence-corrected chi connectivity index (χ0v) is 9.33. The Kier molecular flexibility index (Phi) is 2.82. The van der Waals surface area contributed by atoms with Crippen molar-refractivity contribution in [2.24, 2.45) is 17.1 Å². The van der Waals surface area contributed by atoms with Crippen molar-refractivity contribution in [1.82, 2.24) is 4.90 Å². The standard InChI is InChI=1S/C11H22N2O/c1-9(2)11(7-14-8-11)6-13-4-3-10(12)5-13/h9-10H,3-8,12H2,1-2H3. The first-order valence-corrected chi connectivity index (χ1v) is 5.68. The van der Waals surface area contributed by atoms with Gasteiger partial charge in [-0.25, -0.2) is 0 Å². The van der Waals surface area contributed by atoms with Crippen molar-refractivity contribution >= 4 is 0 Å². The molecular weight excluding hydrogens is 176 g/mol. The van der Waals surface area contributed by atoms with Crippen molar-refractivity contribution in [3.05, 3.63) is 0 Å². The van der Waals surface area contributed by atoms with Gasteiger partial charge in [0.25, 0.3) is 0 Å². The molecule has 0 amide bonds. The summed E-state index contributed by atoms with van der Waals surface area (Å²) in [5.74, 6) is 0.716. The Balaban J connectivity index is 1.89. The minimum absolute atomic E-state index is 0.403. The summed E-state index contributed by atoms with van der Waals surface area (Å²) in [6.07, 6.45) is 1.16. The fraction of sp³-hybridized carbons (Fsp3) is 1.00. The molecule has 0 bridgehead atoms. The second-order valence-electron chi connectivity index (χ2n) is 5.29. The molecule has 82 valence electrons. The summed E-state index contributed by atoms with van der Waals surface area (Å²) < 4.78 is 5.38. The van der Waals surface area contributed by atoms with Crippen molar-refractivity contribution in [2.75, 3.05) is 32.8 Å². The van der Waals surface area contributed by atoms with Gasteiger partial charge in [-0.15, -0.1) is 0 Å². The molecule has 0 aliphatic carbocycles. The molecular formula is C11H22N2O. The zero-order chi connectivity index (χ0) is 10.2. The summed E-state index contributed by atoms with van der Waals surface area (Å²) in [7, 11) is 0. The molecule has 14 heavy (non-hydrogen) atoms. The van der Waals surface area contributed by atoms with Crippen LogP contribution >= 0.6 is 0 Å². The Bertz CT molecular complexity index is 201. The van der Waals surface area contributed by atoms with Crippen molar-refractivity contribution < 1.29 is 4.74 Å². The molecule has 2 saturated heterocycles. The van der Waals surface area contributed by atoms with Gasteiger partial charge < -0.3 is 15.4 Å². The van der Waals surface area contributed by atoms with E-state index in [0.29, 0.717) is 17.4 Å². The van der Waals surface area contributed by atoms with Crippen LogP contribution in [0.4, 0.5) is 0 Å². The first-order valence-electron chi connectivity index (χ1n) is 5.68. The van der Waals surface area contributed by atoms with Crippen LogP contribution in [0.5, 0.6) is 0 Å². The van der Waals surface area contributed by atoms with Crippen LogP contribution in [0.15, 0.2) is 0 Å². The molecule has 2 rings (SSSR count). The van der Waals surface area contributed by atoms with Gasteiger partial charge in [0.1, 0.15) is 0 Å². The predicted octanol–water partition coefficient (Wildman–Crippen LogP) is 0.692. The summed E-state index contributed by atoms with van der Waals surface area (Å²) in [6, 6.07) is 0.403. The molecule has 0 aromatic carbocycles. The molecule has 2 aliphatic heterocycles. The molecule has 0 saturated carbocycles. The monoisotopic (exact) mass is 198 g/mol. The van der Waals surface area contributed by atoms with Gasteiger partial charge in [-0.2, -0.15) is 0 Å². The van der Waals surface area contributed by atoms with Gasteiger partial charge in [0.15, 0.2) is 0 Å². The molecule has 0 spiro atoms. The second kappa shape index (κ2) is 3.80. The van der Waals surface area contributed by atoms with Gasteiger partial charge in [-0.3, -0.25) is 0 Å². The van der Waals surface area contributed by atoms with E-state index in [0.717, 1.165) is 26.2 Å². The SMILES string of the molecule is CC(C)C1(CN2CCC(N)C2)COC1. The van der Waals surface area contributed by atoms with E-state index < -0.39 is 0 Å². The Morgan fingerprint density at radius 1 is 1.50 bits per heavy atom. The van der Waals surface area contributed by atoms with Crippen LogP contribution in [0.3, 0.4) is 0 Å². The molecule has 2 N–H and O–H groups in total. The molecule has 0 aromatic rings. The highest BCUT2D eigenvalue weighted by Gasteiger charge is 2.43. The van der Waals surface area contributed by atoms with Crippen LogP contribution in [0.25, 0.3) is 0 Å². The molecule has 3 heteroatoms. The Morgan fingerprint density at radius 3 is 2.57 bits per heavy atom. The van der Waals surface area contributed by atoms with Gasteiger partial charge in [0.05, 0.1) is 13.2 Å². The topological polar surface area (TPSA) is 38.5 Å². The molecule has 1 unspecified atom stereocenters. The van der Waals surface area contributed by atoms with Crippen LogP contribution in [0, 0.1) is 11.3 Å².